The van der Waals surface area contributed by atoms with Crippen molar-refractivity contribution in [3.63, 3.8) is 0 Å². The smallest absolute Gasteiger partial charge is 0.159 e. The van der Waals surface area contributed by atoms with E-state index in [2.05, 4.69) is 6.92 Å². The molecule has 17 heavy (non-hydrogen) atoms. The van der Waals surface area contributed by atoms with E-state index >= 15 is 0 Å². The van der Waals surface area contributed by atoms with Crippen molar-refractivity contribution in [2.45, 2.75) is 20.3 Å². The average molecular weight is 228 g/mol. The minimum atomic E-state index is 0.0896. The van der Waals surface area contributed by atoms with Gasteiger partial charge in [0.1, 0.15) is 5.75 Å². The minimum absolute atomic E-state index is 0.0896. The van der Waals surface area contributed by atoms with Gasteiger partial charge in [-0.05, 0) is 36.9 Å². The van der Waals surface area contributed by atoms with Gasteiger partial charge in [-0.3, -0.25) is 4.79 Å². The van der Waals surface area contributed by atoms with Crippen molar-refractivity contribution >= 4 is 16.6 Å². The number of carbonyl (C=O) groups excluding carboxylic acids is 1. The maximum Gasteiger partial charge on any atom is 0.159 e. The Labute approximate surface area is 101 Å². The molecule has 0 spiro atoms. The Morgan fingerprint density at radius 1 is 1.24 bits per heavy atom. The largest absolute Gasteiger partial charge is 0.493 e. The van der Waals surface area contributed by atoms with Crippen LogP contribution in [0.3, 0.4) is 0 Å². The van der Waals surface area contributed by atoms with Crippen molar-refractivity contribution in [3.8, 4) is 5.75 Å². The molecule has 0 aliphatic heterocycles. The number of ether oxygens (including phenoxy) is 1. The van der Waals surface area contributed by atoms with Gasteiger partial charge >= 0.3 is 0 Å². The Kier molecular flexibility index (Phi) is 3.43. The highest BCUT2D eigenvalue weighted by molar-refractivity contribution is 5.99. The van der Waals surface area contributed by atoms with Gasteiger partial charge < -0.3 is 4.74 Å². The van der Waals surface area contributed by atoms with Gasteiger partial charge in [-0.2, -0.15) is 0 Å². The fourth-order valence-electron chi connectivity index (χ4n) is 1.81. The Hall–Kier alpha value is -1.83. The highest BCUT2D eigenvalue weighted by atomic mass is 16.5. The summed E-state index contributed by atoms with van der Waals surface area (Å²) in [6.07, 6.45) is 0.988. The second-order valence-corrected chi connectivity index (χ2v) is 4.10. The van der Waals surface area contributed by atoms with Gasteiger partial charge in [0.25, 0.3) is 0 Å². The predicted molar refractivity (Wildman–Crippen MR) is 69.7 cm³/mol. The molecule has 0 aromatic heterocycles. The molecule has 0 aliphatic carbocycles. The van der Waals surface area contributed by atoms with E-state index in [1.165, 1.54) is 0 Å². The number of fused-ring (bicyclic) bond motifs is 1. The minimum Gasteiger partial charge on any atom is -0.493 e. The lowest BCUT2D eigenvalue weighted by Crippen LogP contribution is -1.96. The SMILES string of the molecule is CCCOc1cccc2cc(C(C)=O)ccc12. The summed E-state index contributed by atoms with van der Waals surface area (Å²) < 4.78 is 5.68. The Bertz CT molecular complexity index is 544. The van der Waals surface area contributed by atoms with Crippen LogP contribution >= 0.6 is 0 Å². The zero-order chi connectivity index (χ0) is 12.3. The number of hydrogen-bond donors (Lipinski definition) is 0. The Balaban J connectivity index is 2.47. The second kappa shape index (κ2) is 5.00. The van der Waals surface area contributed by atoms with E-state index in [4.69, 9.17) is 4.74 Å². The fraction of sp³-hybridized carbons (Fsp3) is 0.267. The quantitative estimate of drug-likeness (QED) is 0.743. The average Bonchev–Trinajstić information content (AvgIpc) is 2.35. The molecule has 0 N–H and O–H groups in total. The van der Waals surface area contributed by atoms with E-state index < -0.39 is 0 Å². The summed E-state index contributed by atoms with van der Waals surface area (Å²) in [5.41, 5.74) is 0.741. The molecule has 2 rings (SSSR count). The molecular formula is C15H16O2. The molecule has 2 aromatic rings. The predicted octanol–water partition coefficient (Wildman–Crippen LogP) is 3.83. The van der Waals surface area contributed by atoms with E-state index in [1.54, 1.807) is 6.92 Å². The molecule has 0 unspecified atom stereocenters. The zero-order valence-electron chi connectivity index (χ0n) is 10.2. The van der Waals surface area contributed by atoms with Crippen LogP contribution in [0.15, 0.2) is 36.4 Å². The first-order valence-corrected chi connectivity index (χ1v) is 5.89. The summed E-state index contributed by atoms with van der Waals surface area (Å²) in [5.74, 6) is 0.978. The van der Waals surface area contributed by atoms with E-state index in [0.29, 0.717) is 6.61 Å². The monoisotopic (exact) mass is 228 g/mol. The zero-order valence-corrected chi connectivity index (χ0v) is 10.2. The summed E-state index contributed by atoms with van der Waals surface area (Å²) in [6, 6.07) is 11.6. The van der Waals surface area contributed by atoms with Gasteiger partial charge in [-0.25, -0.2) is 0 Å². The number of rotatable bonds is 4. The second-order valence-electron chi connectivity index (χ2n) is 4.10. The standard InChI is InChI=1S/C15H16O2/c1-3-9-17-15-6-4-5-13-10-12(11(2)16)7-8-14(13)15/h4-8,10H,3,9H2,1-2H3. The first-order valence-electron chi connectivity index (χ1n) is 5.89. The summed E-state index contributed by atoms with van der Waals surface area (Å²) in [7, 11) is 0. The van der Waals surface area contributed by atoms with Gasteiger partial charge in [0.2, 0.25) is 0 Å². The number of hydrogen-bond acceptors (Lipinski definition) is 2. The van der Waals surface area contributed by atoms with Gasteiger partial charge in [-0.15, -0.1) is 0 Å². The molecule has 0 radical (unpaired) electrons. The van der Waals surface area contributed by atoms with Crippen LogP contribution < -0.4 is 4.74 Å². The molecule has 2 heteroatoms. The molecule has 88 valence electrons. The van der Waals surface area contributed by atoms with Crippen LogP contribution in [0.5, 0.6) is 5.75 Å². The summed E-state index contributed by atoms with van der Waals surface area (Å²) in [5, 5.41) is 2.11. The molecule has 0 amide bonds. The molecule has 0 fully saturated rings. The highest BCUT2D eigenvalue weighted by Gasteiger charge is 2.04. The molecule has 0 bridgehead atoms. The van der Waals surface area contributed by atoms with Crippen molar-refractivity contribution in [1.29, 1.82) is 0 Å². The normalized spacial score (nSPS) is 10.5. The molecule has 0 saturated carbocycles. The van der Waals surface area contributed by atoms with Crippen molar-refractivity contribution in [2.24, 2.45) is 0 Å². The summed E-state index contributed by atoms with van der Waals surface area (Å²) in [4.78, 5) is 11.3. The third kappa shape index (κ3) is 2.47. The molecule has 2 aromatic carbocycles. The van der Waals surface area contributed by atoms with Gasteiger partial charge in [0.15, 0.2) is 5.78 Å². The van der Waals surface area contributed by atoms with Crippen molar-refractivity contribution in [1.82, 2.24) is 0 Å². The van der Waals surface area contributed by atoms with Crippen molar-refractivity contribution < 1.29 is 9.53 Å². The third-order valence-electron chi connectivity index (χ3n) is 2.71. The van der Waals surface area contributed by atoms with Gasteiger partial charge in [0, 0.05) is 10.9 Å². The van der Waals surface area contributed by atoms with Crippen LogP contribution in [0.1, 0.15) is 30.6 Å². The van der Waals surface area contributed by atoms with Gasteiger partial charge in [0.05, 0.1) is 6.61 Å². The Morgan fingerprint density at radius 3 is 2.76 bits per heavy atom. The number of benzene rings is 2. The van der Waals surface area contributed by atoms with Crippen LogP contribution in [0.2, 0.25) is 0 Å². The van der Waals surface area contributed by atoms with Crippen LogP contribution in [-0.2, 0) is 0 Å². The molecule has 2 nitrogen and oxygen atoms in total. The first-order chi connectivity index (χ1) is 8.22. The highest BCUT2D eigenvalue weighted by Crippen LogP contribution is 2.26. The lowest BCUT2D eigenvalue weighted by atomic mass is 10.0. The number of ketones is 1. The van der Waals surface area contributed by atoms with E-state index in [1.807, 2.05) is 36.4 Å². The van der Waals surface area contributed by atoms with E-state index in [9.17, 15) is 4.79 Å². The van der Waals surface area contributed by atoms with E-state index in [0.717, 1.165) is 28.5 Å². The number of carbonyl (C=O) groups is 1. The fourth-order valence-corrected chi connectivity index (χ4v) is 1.81. The van der Waals surface area contributed by atoms with Crippen molar-refractivity contribution in [3.05, 3.63) is 42.0 Å². The molecular weight excluding hydrogens is 212 g/mol. The topological polar surface area (TPSA) is 26.3 Å². The lowest BCUT2D eigenvalue weighted by molar-refractivity contribution is 0.101. The van der Waals surface area contributed by atoms with Crippen LogP contribution in [-0.4, -0.2) is 12.4 Å². The van der Waals surface area contributed by atoms with Crippen LogP contribution in [0.4, 0.5) is 0 Å². The Morgan fingerprint density at radius 2 is 2.06 bits per heavy atom. The first kappa shape index (κ1) is 11.6. The summed E-state index contributed by atoms with van der Waals surface area (Å²) in [6.45, 7) is 4.38. The van der Waals surface area contributed by atoms with Crippen LogP contribution in [0.25, 0.3) is 10.8 Å². The van der Waals surface area contributed by atoms with E-state index in [-0.39, 0.29) is 5.78 Å². The maximum absolute atomic E-state index is 11.3. The van der Waals surface area contributed by atoms with Gasteiger partial charge in [-0.1, -0.05) is 25.1 Å². The molecule has 0 heterocycles. The maximum atomic E-state index is 11.3. The third-order valence-corrected chi connectivity index (χ3v) is 2.71. The van der Waals surface area contributed by atoms with Crippen LogP contribution in [0, 0.1) is 0 Å². The molecule has 0 atom stereocenters. The molecule has 0 saturated heterocycles. The lowest BCUT2D eigenvalue weighted by Gasteiger charge is -2.08. The molecule has 0 aliphatic rings. The number of Topliss-reactive ketones (excluding diaryl/α,β-unsaturated/α-hetero) is 1. The summed E-state index contributed by atoms with van der Waals surface area (Å²) >= 11 is 0. The van der Waals surface area contributed by atoms with Crippen molar-refractivity contribution in [2.75, 3.05) is 6.61 Å².